The van der Waals surface area contributed by atoms with Gasteiger partial charge in [0.1, 0.15) is 5.60 Å². The summed E-state index contributed by atoms with van der Waals surface area (Å²) in [5, 5.41) is 10.1. The summed E-state index contributed by atoms with van der Waals surface area (Å²) < 4.78 is 0. The van der Waals surface area contributed by atoms with Crippen molar-refractivity contribution >= 4 is 0 Å². The Hall–Kier alpha value is -1.00. The van der Waals surface area contributed by atoms with Crippen LogP contribution in [-0.4, -0.2) is 10.7 Å². The average molecular weight is 308 g/mol. The zero-order valence-electron chi connectivity index (χ0n) is 11.5. The summed E-state index contributed by atoms with van der Waals surface area (Å²) in [6.07, 6.45) is 23.0. The van der Waals surface area contributed by atoms with Crippen molar-refractivity contribution in [1.29, 1.82) is 0 Å². The molecule has 0 amide bonds. The van der Waals surface area contributed by atoms with Crippen LogP contribution in [0.3, 0.4) is 0 Å². The zero-order valence-corrected chi connectivity index (χ0v) is 12.6. The van der Waals surface area contributed by atoms with Gasteiger partial charge in [-0.25, -0.2) is 0 Å². The van der Waals surface area contributed by atoms with Gasteiger partial charge in [0.25, 0.3) is 0 Å². The molecule has 2 radical (unpaired) electrons. The molecule has 1 N–H and O–H groups in total. The largest absolute Gasteiger partial charge is 0.378 e. The zero-order chi connectivity index (χ0) is 13.4. The molecule has 0 aliphatic heterocycles. The molecule has 0 unspecified atom stereocenters. The Kier molecular flexibility index (Phi) is 7.70. The van der Waals surface area contributed by atoms with Crippen molar-refractivity contribution in [3.8, 4) is 11.8 Å². The van der Waals surface area contributed by atoms with E-state index in [0.29, 0.717) is 0 Å². The third kappa shape index (κ3) is 5.97. The van der Waals surface area contributed by atoms with Gasteiger partial charge in [-0.3, -0.25) is 0 Å². The molecule has 3 rings (SSSR count). The molecule has 0 heterocycles. The fraction of sp³-hybridized carbons (Fsp3) is 0.333. The van der Waals surface area contributed by atoms with Gasteiger partial charge in [-0.05, 0) is 25.7 Å². The number of rotatable bonds is 0. The van der Waals surface area contributed by atoms with Gasteiger partial charge < -0.3 is 5.11 Å². The summed E-state index contributed by atoms with van der Waals surface area (Å²) in [5.74, 6) is 6.04. The molecule has 1 fully saturated rings. The minimum Gasteiger partial charge on any atom is -0.378 e. The van der Waals surface area contributed by atoms with Crippen molar-refractivity contribution in [1.82, 2.24) is 0 Å². The molecule has 0 atom stereocenters. The second kappa shape index (κ2) is 9.03. The predicted octanol–water partition coefficient (Wildman–Crippen LogP) is 3.70. The summed E-state index contributed by atoms with van der Waals surface area (Å²) in [6, 6.07) is 0. The monoisotopic (exact) mass is 308 g/mol. The molecule has 0 saturated heterocycles. The van der Waals surface area contributed by atoms with Crippen LogP contribution < -0.4 is 0 Å². The van der Waals surface area contributed by atoms with Gasteiger partial charge in [0.15, 0.2) is 0 Å². The first-order valence-electron chi connectivity index (χ1n) is 6.92. The van der Waals surface area contributed by atoms with Crippen LogP contribution in [0.25, 0.3) is 0 Å². The minimum absolute atomic E-state index is 0. The van der Waals surface area contributed by atoms with E-state index in [2.05, 4.69) is 11.8 Å². The van der Waals surface area contributed by atoms with Gasteiger partial charge in [-0.1, -0.05) is 60.8 Å². The molecule has 3 aliphatic carbocycles. The van der Waals surface area contributed by atoms with Crippen LogP contribution in [0.2, 0.25) is 0 Å². The van der Waals surface area contributed by atoms with E-state index in [4.69, 9.17) is 0 Å². The van der Waals surface area contributed by atoms with Gasteiger partial charge in [-0.15, -0.1) is 0 Å². The number of hydrogen-bond acceptors (Lipinski definition) is 1. The standard InChI is InChI=1S/C13H15O.C5H5.Fe/c14-13(9-4-1-5-10-13)11-8-12-6-2-3-7-12;1-2-4-5-3-1;/h2-3,6-7,14H,1,4-5,9-10H2;1-5H;. The Morgan fingerprint density at radius 2 is 1.60 bits per heavy atom. The van der Waals surface area contributed by atoms with E-state index in [-0.39, 0.29) is 17.1 Å². The molecule has 0 bridgehead atoms. The van der Waals surface area contributed by atoms with Crippen molar-refractivity contribution in [3.05, 3.63) is 60.9 Å². The Bertz CT molecular complexity index is 455. The summed E-state index contributed by atoms with van der Waals surface area (Å²) >= 11 is 0. The van der Waals surface area contributed by atoms with Crippen molar-refractivity contribution in [3.63, 3.8) is 0 Å². The Morgan fingerprint density at radius 3 is 2.10 bits per heavy atom. The third-order valence-electron chi connectivity index (χ3n) is 3.34. The van der Waals surface area contributed by atoms with Gasteiger partial charge in [0.05, 0.1) is 0 Å². The van der Waals surface area contributed by atoms with Crippen LogP contribution >= 0.6 is 0 Å². The molecular weight excluding hydrogens is 288 g/mol. The summed E-state index contributed by atoms with van der Waals surface area (Å²) in [6.45, 7) is 0. The van der Waals surface area contributed by atoms with Crippen LogP contribution in [-0.2, 0) is 17.1 Å². The number of aliphatic hydroxyl groups is 1. The maximum Gasteiger partial charge on any atom is 0.125 e. The molecular formula is C18H20FeO. The van der Waals surface area contributed by atoms with Crippen LogP contribution in [0.5, 0.6) is 0 Å². The quantitative estimate of drug-likeness (QED) is 0.534. The molecule has 0 spiro atoms. The Balaban J connectivity index is 0.000000283. The van der Waals surface area contributed by atoms with Gasteiger partial charge in [-0.2, -0.15) is 0 Å². The van der Waals surface area contributed by atoms with E-state index in [0.717, 1.165) is 31.3 Å². The maximum atomic E-state index is 10.1. The smallest absolute Gasteiger partial charge is 0.125 e. The van der Waals surface area contributed by atoms with E-state index in [9.17, 15) is 5.11 Å². The van der Waals surface area contributed by atoms with Crippen LogP contribution in [0.1, 0.15) is 32.1 Å². The molecule has 0 aromatic heterocycles. The van der Waals surface area contributed by atoms with Gasteiger partial charge >= 0.3 is 0 Å². The first-order chi connectivity index (χ1) is 9.29. The second-order valence-corrected chi connectivity index (χ2v) is 4.98. The van der Waals surface area contributed by atoms with E-state index in [1.165, 1.54) is 6.42 Å². The van der Waals surface area contributed by atoms with Crippen LogP contribution in [0.4, 0.5) is 0 Å². The molecule has 2 heteroatoms. The molecule has 1 saturated carbocycles. The van der Waals surface area contributed by atoms with Crippen molar-refractivity contribution in [2.75, 3.05) is 0 Å². The fourth-order valence-corrected chi connectivity index (χ4v) is 2.23. The van der Waals surface area contributed by atoms with Crippen molar-refractivity contribution in [2.45, 2.75) is 37.7 Å². The van der Waals surface area contributed by atoms with Crippen molar-refractivity contribution in [2.24, 2.45) is 0 Å². The summed E-state index contributed by atoms with van der Waals surface area (Å²) in [4.78, 5) is 0. The van der Waals surface area contributed by atoms with E-state index >= 15 is 0 Å². The first kappa shape index (κ1) is 17.1. The molecule has 20 heavy (non-hydrogen) atoms. The molecule has 0 aromatic rings. The number of hydrogen-bond donors (Lipinski definition) is 1. The SMILES string of the molecule is OC1(C#CC2=CC=C[CH]2)CCCCC1.[CH]1C=CC=C1.[Fe]. The van der Waals surface area contributed by atoms with Crippen LogP contribution in [0.15, 0.2) is 48.1 Å². The second-order valence-electron chi connectivity index (χ2n) is 4.98. The molecule has 3 aliphatic rings. The van der Waals surface area contributed by atoms with Gasteiger partial charge in [0.2, 0.25) is 0 Å². The minimum atomic E-state index is -0.713. The summed E-state index contributed by atoms with van der Waals surface area (Å²) in [7, 11) is 0. The van der Waals surface area contributed by atoms with Crippen molar-refractivity contribution < 1.29 is 22.2 Å². The predicted molar refractivity (Wildman–Crippen MR) is 79.9 cm³/mol. The Labute approximate surface area is 133 Å². The maximum absolute atomic E-state index is 10.1. The summed E-state index contributed by atoms with van der Waals surface area (Å²) in [5.41, 5.74) is 0.291. The molecule has 1 nitrogen and oxygen atoms in total. The normalized spacial score (nSPS) is 21.1. The molecule has 0 aromatic carbocycles. The van der Waals surface area contributed by atoms with Gasteiger partial charge in [0, 0.05) is 35.5 Å². The van der Waals surface area contributed by atoms with Crippen LogP contribution in [0, 0.1) is 24.7 Å². The Morgan fingerprint density at radius 1 is 0.900 bits per heavy atom. The average Bonchev–Trinajstić information content (AvgIpc) is 3.14. The van der Waals surface area contributed by atoms with E-state index < -0.39 is 5.60 Å². The third-order valence-corrected chi connectivity index (χ3v) is 3.34. The van der Waals surface area contributed by atoms with E-state index in [1.807, 2.05) is 55.4 Å². The fourth-order valence-electron chi connectivity index (χ4n) is 2.23. The first-order valence-corrected chi connectivity index (χ1v) is 6.92. The van der Waals surface area contributed by atoms with E-state index in [1.54, 1.807) is 0 Å². The number of allylic oxidation sites excluding steroid dienone is 8. The molecule has 106 valence electrons. The topological polar surface area (TPSA) is 20.2 Å².